The fourth-order valence-electron chi connectivity index (χ4n) is 0.957. The maximum atomic E-state index is 8.76. The zero-order valence-corrected chi connectivity index (χ0v) is 8.25. The first-order valence-corrected chi connectivity index (χ1v) is 3.78. The average molecular weight is 204 g/mol. The van der Waals surface area contributed by atoms with Crippen molar-refractivity contribution in [1.29, 1.82) is 0 Å². The van der Waals surface area contributed by atoms with E-state index in [2.05, 4.69) is 0 Å². The van der Waals surface area contributed by atoms with Crippen molar-refractivity contribution in [3.63, 3.8) is 0 Å². The van der Waals surface area contributed by atoms with E-state index in [1.165, 1.54) is 0 Å². The molecule has 74 valence electrons. The number of rotatable bonds is 3. The Labute approximate surface area is 83.9 Å². The van der Waals surface area contributed by atoms with Gasteiger partial charge in [0.25, 0.3) is 0 Å². The monoisotopic (exact) mass is 203 g/mol. The van der Waals surface area contributed by atoms with Crippen LogP contribution in [0.1, 0.15) is 11.6 Å². The van der Waals surface area contributed by atoms with Gasteiger partial charge in [0.15, 0.2) is 0 Å². The van der Waals surface area contributed by atoms with Crippen LogP contribution in [0, 0.1) is 0 Å². The van der Waals surface area contributed by atoms with Crippen LogP contribution in [0.3, 0.4) is 0 Å². The SMILES string of the molecule is COc1ccc([C@H](N)CO)cc1.Cl. The molecule has 0 fully saturated rings. The van der Waals surface area contributed by atoms with Gasteiger partial charge in [-0.2, -0.15) is 0 Å². The third-order valence-electron chi connectivity index (χ3n) is 1.74. The summed E-state index contributed by atoms with van der Waals surface area (Å²) in [5, 5.41) is 8.76. The molecule has 0 spiro atoms. The summed E-state index contributed by atoms with van der Waals surface area (Å²) in [4.78, 5) is 0. The summed E-state index contributed by atoms with van der Waals surface area (Å²) in [5.74, 6) is 0.795. The molecule has 0 aliphatic carbocycles. The van der Waals surface area contributed by atoms with Gasteiger partial charge in [0.1, 0.15) is 5.75 Å². The van der Waals surface area contributed by atoms with E-state index in [0.29, 0.717) is 0 Å². The molecule has 1 atom stereocenters. The summed E-state index contributed by atoms with van der Waals surface area (Å²) in [7, 11) is 1.61. The van der Waals surface area contributed by atoms with E-state index in [1.54, 1.807) is 7.11 Å². The molecule has 0 saturated carbocycles. The highest BCUT2D eigenvalue weighted by atomic mass is 35.5. The highest BCUT2D eigenvalue weighted by Crippen LogP contribution is 2.15. The molecule has 3 nitrogen and oxygen atoms in total. The van der Waals surface area contributed by atoms with Crippen molar-refractivity contribution in [1.82, 2.24) is 0 Å². The highest BCUT2D eigenvalue weighted by Gasteiger charge is 2.02. The molecule has 1 rings (SSSR count). The molecule has 3 N–H and O–H groups in total. The third-order valence-corrected chi connectivity index (χ3v) is 1.74. The number of ether oxygens (including phenoxy) is 1. The number of benzene rings is 1. The van der Waals surface area contributed by atoms with E-state index in [-0.39, 0.29) is 25.1 Å². The minimum absolute atomic E-state index is 0. The normalized spacial score (nSPS) is 11.6. The molecule has 1 aromatic carbocycles. The Hall–Kier alpha value is -0.770. The van der Waals surface area contributed by atoms with E-state index in [4.69, 9.17) is 15.6 Å². The van der Waals surface area contributed by atoms with E-state index < -0.39 is 0 Å². The molecule has 0 heterocycles. The summed E-state index contributed by atoms with van der Waals surface area (Å²) < 4.78 is 4.98. The van der Waals surface area contributed by atoms with Crippen molar-refractivity contribution in [3.8, 4) is 5.75 Å². The third kappa shape index (κ3) is 3.22. The molecule has 0 aliphatic heterocycles. The van der Waals surface area contributed by atoms with Gasteiger partial charge in [-0.1, -0.05) is 12.1 Å². The second-order valence-corrected chi connectivity index (χ2v) is 2.56. The molecule has 0 bridgehead atoms. The lowest BCUT2D eigenvalue weighted by atomic mass is 10.1. The largest absolute Gasteiger partial charge is 0.497 e. The van der Waals surface area contributed by atoms with E-state index in [1.807, 2.05) is 24.3 Å². The summed E-state index contributed by atoms with van der Waals surface area (Å²) in [6.07, 6.45) is 0. The molecule has 0 radical (unpaired) electrons. The van der Waals surface area contributed by atoms with Crippen LogP contribution >= 0.6 is 12.4 Å². The first-order chi connectivity index (χ1) is 5.77. The predicted octanol–water partition coefficient (Wildman–Crippen LogP) is 1.11. The molecule has 0 amide bonds. The van der Waals surface area contributed by atoms with Crippen LogP contribution in [0.4, 0.5) is 0 Å². The number of hydrogen-bond acceptors (Lipinski definition) is 3. The summed E-state index contributed by atoms with van der Waals surface area (Å²) in [6, 6.07) is 7.05. The second kappa shape index (κ2) is 5.80. The standard InChI is InChI=1S/C9H13NO2.ClH/c1-12-8-4-2-7(3-5-8)9(10)6-11;/h2-5,9,11H,6,10H2,1H3;1H/t9-;/m1./s1. The van der Waals surface area contributed by atoms with Crippen molar-refractivity contribution in [2.24, 2.45) is 5.73 Å². The molecule has 0 unspecified atom stereocenters. The molecule has 0 aliphatic rings. The van der Waals surface area contributed by atoms with Gasteiger partial charge in [-0.25, -0.2) is 0 Å². The Balaban J connectivity index is 0.00000144. The van der Waals surface area contributed by atoms with Gasteiger partial charge in [0, 0.05) is 0 Å². The quantitative estimate of drug-likeness (QED) is 0.774. The van der Waals surface area contributed by atoms with Crippen LogP contribution in [-0.4, -0.2) is 18.8 Å². The minimum atomic E-state index is -0.295. The minimum Gasteiger partial charge on any atom is -0.497 e. The molecule has 13 heavy (non-hydrogen) atoms. The number of methoxy groups -OCH3 is 1. The molecular weight excluding hydrogens is 190 g/mol. The van der Waals surface area contributed by atoms with Crippen LogP contribution < -0.4 is 10.5 Å². The Bertz CT molecular complexity index is 238. The van der Waals surface area contributed by atoms with Crippen LogP contribution in [0.5, 0.6) is 5.75 Å². The maximum Gasteiger partial charge on any atom is 0.118 e. The van der Waals surface area contributed by atoms with Crippen molar-refractivity contribution in [3.05, 3.63) is 29.8 Å². The van der Waals surface area contributed by atoms with E-state index in [9.17, 15) is 0 Å². The number of nitrogens with two attached hydrogens (primary N) is 1. The smallest absolute Gasteiger partial charge is 0.118 e. The fourth-order valence-corrected chi connectivity index (χ4v) is 0.957. The number of hydrogen-bond donors (Lipinski definition) is 2. The average Bonchev–Trinajstić information content (AvgIpc) is 2.17. The van der Waals surface area contributed by atoms with Gasteiger partial charge in [-0.05, 0) is 17.7 Å². The Morgan fingerprint density at radius 3 is 2.31 bits per heavy atom. The summed E-state index contributed by atoms with van der Waals surface area (Å²) in [6.45, 7) is -0.0354. The molecule has 4 heteroatoms. The number of aliphatic hydroxyl groups is 1. The summed E-state index contributed by atoms with van der Waals surface area (Å²) >= 11 is 0. The van der Waals surface area contributed by atoms with Crippen molar-refractivity contribution in [2.45, 2.75) is 6.04 Å². The van der Waals surface area contributed by atoms with Gasteiger partial charge in [0.05, 0.1) is 19.8 Å². The molecule has 1 aromatic rings. The lowest BCUT2D eigenvalue weighted by molar-refractivity contribution is 0.268. The zero-order valence-electron chi connectivity index (χ0n) is 7.43. The van der Waals surface area contributed by atoms with E-state index >= 15 is 0 Å². The first-order valence-electron chi connectivity index (χ1n) is 3.78. The first kappa shape index (κ1) is 12.2. The van der Waals surface area contributed by atoms with E-state index in [0.717, 1.165) is 11.3 Å². The van der Waals surface area contributed by atoms with Gasteiger partial charge < -0.3 is 15.6 Å². The Morgan fingerprint density at radius 1 is 1.38 bits per heavy atom. The van der Waals surface area contributed by atoms with Gasteiger partial charge in [0.2, 0.25) is 0 Å². The van der Waals surface area contributed by atoms with Gasteiger partial charge >= 0.3 is 0 Å². The number of aliphatic hydroxyl groups excluding tert-OH is 1. The van der Waals surface area contributed by atoms with Crippen molar-refractivity contribution in [2.75, 3.05) is 13.7 Å². The van der Waals surface area contributed by atoms with Gasteiger partial charge in [-0.15, -0.1) is 12.4 Å². The van der Waals surface area contributed by atoms with Crippen molar-refractivity contribution < 1.29 is 9.84 Å². The molecular formula is C9H14ClNO2. The Morgan fingerprint density at radius 2 is 1.92 bits per heavy atom. The van der Waals surface area contributed by atoms with Crippen molar-refractivity contribution >= 4 is 12.4 Å². The number of halogens is 1. The Kier molecular flexibility index (Phi) is 5.46. The highest BCUT2D eigenvalue weighted by molar-refractivity contribution is 5.85. The second-order valence-electron chi connectivity index (χ2n) is 2.56. The topological polar surface area (TPSA) is 55.5 Å². The van der Waals surface area contributed by atoms with Crippen LogP contribution in [0.25, 0.3) is 0 Å². The molecule has 0 aromatic heterocycles. The lowest BCUT2D eigenvalue weighted by Crippen LogP contribution is -2.14. The van der Waals surface area contributed by atoms with Crippen LogP contribution in [0.2, 0.25) is 0 Å². The van der Waals surface area contributed by atoms with Crippen LogP contribution in [0.15, 0.2) is 24.3 Å². The predicted molar refractivity (Wildman–Crippen MR) is 54.3 cm³/mol. The molecule has 0 saturated heterocycles. The fraction of sp³-hybridized carbons (Fsp3) is 0.333. The summed E-state index contributed by atoms with van der Waals surface area (Å²) in [5.41, 5.74) is 6.51. The maximum absolute atomic E-state index is 8.76. The van der Waals surface area contributed by atoms with Gasteiger partial charge in [-0.3, -0.25) is 0 Å². The van der Waals surface area contributed by atoms with Crippen LogP contribution in [-0.2, 0) is 0 Å². The lowest BCUT2D eigenvalue weighted by Gasteiger charge is -2.08. The zero-order chi connectivity index (χ0) is 8.97.